The maximum Gasteiger partial charge on any atom is 0.433 e. The highest BCUT2D eigenvalue weighted by atomic mass is 19.4. The van der Waals surface area contributed by atoms with Gasteiger partial charge in [-0.2, -0.15) is 13.2 Å². The fourth-order valence-corrected chi connectivity index (χ4v) is 3.25. The summed E-state index contributed by atoms with van der Waals surface area (Å²) in [5, 5.41) is 5.53. The number of amides is 2. The van der Waals surface area contributed by atoms with Gasteiger partial charge in [-0.1, -0.05) is 0 Å². The van der Waals surface area contributed by atoms with Crippen LogP contribution in [-0.4, -0.2) is 45.1 Å². The molecule has 2 N–H and O–H groups in total. The maximum atomic E-state index is 13.4. The minimum Gasteiger partial charge on any atom is -0.354 e. The molecular formula is C20H18F3N7O. The molecule has 31 heavy (non-hydrogen) atoms. The second-order valence-corrected chi connectivity index (χ2v) is 6.93. The highest BCUT2D eigenvalue weighted by Gasteiger charge is 2.35. The number of hydrogen-bond acceptors (Lipinski definition) is 6. The normalized spacial score (nSPS) is 16.2. The highest BCUT2D eigenvalue weighted by molar-refractivity contribution is 5.89. The third-order valence-electron chi connectivity index (χ3n) is 4.73. The molecule has 11 heteroatoms. The van der Waals surface area contributed by atoms with E-state index in [1.165, 1.54) is 12.4 Å². The Bertz CT molecular complexity index is 1050. The van der Waals surface area contributed by atoms with Crippen LogP contribution in [0, 0.1) is 0 Å². The van der Waals surface area contributed by atoms with Crippen molar-refractivity contribution in [2.24, 2.45) is 0 Å². The molecule has 3 aromatic heterocycles. The Balaban J connectivity index is 1.50. The number of carbonyl (C=O) groups is 1. The molecule has 8 nitrogen and oxygen atoms in total. The first-order valence-corrected chi connectivity index (χ1v) is 9.47. The molecule has 3 aromatic rings. The molecule has 1 atom stereocenters. The van der Waals surface area contributed by atoms with Gasteiger partial charge in [-0.25, -0.2) is 14.8 Å². The molecule has 0 saturated carbocycles. The summed E-state index contributed by atoms with van der Waals surface area (Å²) < 4.78 is 40.2. The van der Waals surface area contributed by atoms with Crippen molar-refractivity contribution < 1.29 is 18.0 Å². The molecule has 1 aliphatic heterocycles. The van der Waals surface area contributed by atoms with E-state index >= 15 is 0 Å². The van der Waals surface area contributed by atoms with Crippen molar-refractivity contribution in [2.45, 2.75) is 18.6 Å². The lowest BCUT2D eigenvalue weighted by atomic mass is 10.2. The average Bonchev–Trinajstić information content (AvgIpc) is 3.22. The summed E-state index contributed by atoms with van der Waals surface area (Å²) in [6.07, 6.45) is 2.01. The Labute approximate surface area is 175 Å². The number of alkyl halides is 3. The molecule has 1 fully saturated rings. The van der Waals surface area contributed by atoms with Crippen molar-refractivity contribution in [3.8, 4) is 11.4 Å². The van der Waals surface area contributed by atoms with E-state index in [0.29, 0.717) is 30.8 Å². The summed E-state index contributed by atoms with van der Waals surface area (Å²) in [5.74, 6) is 0.132. The predicted octanol–water partition coefficient (Wildman–Crippen LogP) is 3.35. The molecule has 0 aliphatic carbocycles. The predicted molar refractivity (Wildman–Crippen MR) is 107 cm³/mol. The third kappa shape index (κ3) is 5.05. The minimum atomic E-state index is -4.61. The largest absolute Gasteiger partial charge is 0.433 e. The lowest BCUT2D eigenvalue weighted by molar-refractivity contribution is -0.141. The second-order valence-electron chi connectivity index (χ2n) is 6.93. The van der Waals surface area contributed by atoms with E-state index in [0.717, 1.165) is 6.07 Å². The van der Waals surface area contributed by atoms with Crippen LogP contribution in [-0.2, 0) is 6.18 Å². The fourth-order valence-electron chi connectivity index (χ4n) is 3.25. The van der Waals surface area contributed by atoms with Crippen molar-refractivity contribution >= 4 is 17.5 Å². The SMILES string of the molecule is O=C(Nc1ccncc1)NC1CCN(c2cc(C(F)(F)F)nc(-c3ccncc3)n2)C1. The molecule has 0 radical (unpaired) electrons. The summed E-state index contributed by atoms with van der Waals surface area (Å²) >= 11 is 0. The zero-order chi connectivity index (χ0) is 21.8. The van der Waals surface area contributed by atoms with Crippen LogP contribution in [0.3, 0.4) is 0 Å². The van der Waals surface area contributed by atoms with E-state index < -0.39 is 17.9 Å². The number of pyridine rings is 2. The van der Waals surface area contributed by atoms with Crippen LogP contribution in [0.2, 0.25) is 0 Å². The molecule has 1 saturated heterocycles. The van der Waals surface area contributed by atoms with E-state index in [2.05, 4.69) is 30.6 Å². The Morgan fingerprint density at radius 1 is 1.03 bits per heavy atom. The number of nitrogens with one attached hydrogen (secondary N) is 2. The van der Waals surface area contributed by atoms with Crippen LogP contribution < -0.4 is 15.5 Å². The maximum absolute atomic E-state index is 13.4. The quantitative estimate of drug-likeness (QED) is 0.660. The lowest BCUT2D eigenvalue weighted by Gasteiger charge is -2.20. The standard InChI is InChI=1S/C20H18F3N7O/c21-20(22,23)16-11-17(29-18(28-16)13-1-6-24-7-2-13)30-10-5-15(12-30)27-19(31)26-14-3-8-25-9-4-14/h1-4,6-9,11,15H,5,10,12H2,(H2,25,26,27,31). The zero-order valence-corrected chi connectivity index (χ0v) is 16.2. The Morgan fingerprint density at radius 2 is 1.71 bits per heavy atom. The second kappa shape index (κ2) is 8.54. The molecule has 2 amide bonds. The van der Waals surface area contributed by atoms with Gasteiger partial charge >= 0.3 is 12.2 Å². The van der Waals surface area contributed by atoms with E-state index in [1.807, 2.05) is 0 Å². The number of rotatable bonds is 4. The fraction of sp³-hybridized carbons (Fsp3) is 0.250. The summed E-state index contributed by atoms with van der Waals surface area (Å²) in [5.41, 5.74) is 0.0130. The van der Waals surface area contributed by atoms with Crippen LogP contribution >= 0.6 is 0 Å². The number of hydrogen-bond donors (Lipinski definition) is 2. The molecule has 0 aromatic carbocycles. The Hall–Kier alpha value is -3.76. The van der Waals surface area contributed by atoms with Gasteiger partial charge in [0.2, 0.25) is 0 Å². The molecule has 1 unspecified atom stereocenters. The summed E-state index contributed by atoms with van der Waals surface area (Å²) in [7, 11) is 0. The van der Waals surface area contributed by atoms with Crippen LogP contribution in [0.25, 0.3) is 11.4 Å². The molecule has 1 aliphatic rings. The first-order chi connectivity index (χ1) is 14.9. The number of halogens is 3. The van der Waals surface area contributed by atoms with Gasteiger partial charge in [-0.3, -0.25) is 9.97 Å². The number of aromatic nitrogens is 4. The summed E-state index contributed by atoms with van der Waals surface area (Å²) in [6.45, 7) is 0.776. The van der Waals surface area contributed by atoms with Gasteiger partial charge in [0.1, 0.15) is 5.82 Å². The van der Waals surface area contributed by atoms with Crippen molar-refractivity contribution in [2.75, 3.05) is 23.3 Å². The first-order valence-electron chi connectivity index (χ1n) is 9.47. The van der Waals surface area contributed by atoms with Gasteiger partial charge in [0.25, 0.3) is 0 Å². The number of nitrogens with zero attached hydrogens (tertiary/aromatic N) is 5. The average molecular weight is 429 g/mol. The molecular weight excluding hydrogens is 411 g/mol. The zero-order valence-electron chi connectivity index (χ0n) is 16.2. The van der Waals surface area contributed by atoms with Crippen molar-refractivity contribution in [1.82, 2.24) is 25.3 Å². The monoisotopic (exact) mass is 429 g/mol. The van der Waals surface area contributed by atoms with E-state index in [1.54, 1.807) is 41.6 Å². The van der Waals surface area contributed by atoms with Crippen LogP contribution in [0.5, 0.6) is 0 Å². The van der Waals surface area contributed by atoms with Crippen LogP contribution in [0.4, 0.5) is 29.5 Å². The minimum absolute atomic E-state index is 0.0286. The number of carbonyl (C=O) groups excluding carboxylic acids is 1. The van der Waals surface area contributed by atoms with Gasteiger partial charge in [0, 0.05) is 61.2 Å². The highest BCUT2D eigenvalue weighted by Crippen LogP contribution is 2.32. The topological polar surface area (TPSA) is 95.9 Å². The lowest BCUT2D eigenvalue weighted by Crippen LogP contribution is -2.39. The van der Waals surface area contributed by atoms with E-state index in [4.69, 9.17) is 0 Å². The summed E-state index contributed by atoms with van der Waals surface area (Å²) in [6, 6.07) is 6.71. The van der Waals surface area contributed by atoms with E-state index in [-0.39, 0.29) is 17.7 Å². The van der Waals surface area contributed by atoms with Gasteiger partial charge < -0.3 is 15.5 Å². The molecule has 160 valence electrons. The van der Waals surface area contributed by atoms with Gasteiger partial charge in [-0.15, -0.1) is 0 Å². The Morgan fingerprint density at radius 3 is 2.39 bits per heavy atom. The van der Waals surface area contributed by atoms with Crippen molar-refractivity contribution in [3.05, 3.63) is 60.8 Å². The number of urea groups is 1. The first kappa shape index (κ1) is 20.5. The van der Waals surface area contributed by atoms with Crippen molar-refractivity contribution in [3.63, 3.8) is 0 Å². The summed E-state index contributed by atoms with van der Waals surface area (Å²) in [4.78, 5) is 29.7. The van der Waals surface area contributed by atoms with Crippen LogP contribution in [0.15, 0.2) is 55.1 Å². The van der Waals surface area contributed by atoms with Crippen molar-refractivity contribution in [1.29, 1.82) is 0 Å². The van der Waals surface area contributed by atoms with E-state index in [9.17, 15) is 18.0 Å². The molecule has 0 bridgehead atoms. The number of anilines is 2. The van der Waals surface area contributed by atoms with Gasteiger partial charge in [0.15, 0.2) is 11.5 Å². The third-order valence-corrected chi connectivity index (χ3v) is 4.73. The molecule has 4 rings (SSSR count). The Kier molecular flexibility index (Phi) is 5.65. The van der Waals surface area contributed by atoms with Gasteiger partial charge in [0.05, 0.1) is 0 Å². The smallest absolute Gasteiger partial charge is 0.354 e. The van der Waals surface area contributed by atoms with Crippen LogP contribution in [0.1, 0.15) is 12.1 Å². The molecule has 0 spiro atoms. The van der Waals surface area contributed by atoms with Gasteiger partial charge in [-0.05, 0) is 30.7 Å². The molecule has 4 heterocycles.